The molecule has 0 bridgehead atoms. The molecular formula is C29H23FN8O2S. The molecule has 1 atom stereocenters. The smallest absolute Gasteiger partial charge is 0.224 e. The predicted molar refractivity (Wildman–Crippen MR) is 155 cm³/mol. The zero-order valence-corrected chi connectivity index (χ0v) is 22.9. The van der Waals surface area contributed by atoms with Crippen molar-refractivity contribution in [2.24, 2.45) is 4.99 Å². The first-order valence-electron chi connectivity index (χ1n) is 13.2. The van der Waals surface area contributed by atoms with Gasteiger partial charge in [0.2, 0.25) is 5.91 Å². The standard InChI is InChI=1S/C29H23FN8O2S/c1-3-4-22(40)34-16-9-15(10-31-11-16)25-24(30)23-18(12-33-25)38-13-21(38)35-27(23)29-36-26-17(7-8-32-28(26)37-29)20-6-5-19(41-20)14(2)39/h5-12,21H,3-4,13H2,1-2H3,(H,34,40)(H,32,36,37). The number of carbonyl (C=O) groups excluding carboxylic acids is 2. The lowest BCUT2D eigenvalue weighted by atomic mass is 10.0. The van der Waals surface area contributed by atoms with Crippen LogP contribution in [0.3, 0.4) is 0 Å². The minimum absolute atomic E-state index is 0.00275. The number of amides is 1. The molecule has 1 saturated heterocycles. The maximum atomic E-state index is 16.4. The average Bonchev–Trinajstić information content (AvgIpc) is 3.36. The molecule has 2 aliphatic rings. The number of rotatable bonds is 7. The Labute approximate surface area is 237 Å². The van der Waals surface area contributed by atoms with Gasteiger partial charge in [-0.25, -0.2) is 14.4 Å². The number of imidazole rings is 1. The minimum Gasteiger partial charge on any atom is -0.342 e. The van der Waals surface area contributed by atoms with E-state index in [4.69, 9.17) is 9.98 Å². The van der Waals surface area contributed by atoms with E-state index in [0.717, 1.165) is 10.4 Å². The highest BCUT2D eigenvalue weighted by Gasteiger charge is 2.43. The Morgan fingerprint density at radius 3 is 2.88 bits per heavy atom. The molecule has 0 aromatic carbocycles. The number of ketones is 1. The molecular weight excluding hydrogens is 543 g/mol. The van der Waals surface area contributed by atoms with Crippen LogP contribution in [0.5, 0.6) is 0 Å². The lowest BCUT2D eigenvalue weighted by Gasteiger charge is -2.19. The fraction of sp³-hybridized carbons (Fsp3) is 0.207. The number of halogens is 1. The van der Waals surface area contributed by atoms with Crippen molar-refractivity contribution >= 4 is 51.3 Å². The number of hydrogen-bond acceptors (Lipinski definition) is 9. The van der Waals surface area contributed by atoms with Crippen LogP contribution in [-0.2, 0) is 4.79 Å². The number of thiophene rings is 1. The Bertz CT molecular complexity index is 1910. The Hall–Kier alpha value is -4.84. The fourth-order valence-electron chi connectivity index (χ4n) is 5.00. The lowest BCUT2D eigenvalue weighted by Crippen LogP contribution is -2.19. The Kier molecular flexibility index (Phi) is 5.93. The fourth-order valence-corrected chi connectivity index (χ4v) is 5.93. The number of nitrogens with zero attached hydrogens (tertiary/aromatic N) is 6. The third kappa shape index (κ3) is 4.36. The first-order valence-corrected chi connectivity index (χ1v) is 14.0. The van der Waals surface area contributed by atoms with Crippen LogP contribution in [-0.4, -0.2) is 55.0 Å². The van der Waals surface area contributed by atoms with E-state index in [-0.39, 0.29) is 23.6 Å². The number of aromatic amines is 1. The van der Waals surface area contributed by atoms with Crippen molar-refractivity contribution in [2.45, 2.75) is 32.9 Å². The van der Waals surface area contributed by atoms with Crippen LogP contribution in [0, 0.1) is 5.82 Å². The summed E-state index contributed by atoms with van der Waals surface area (Å²) in [5.41, 5.74) is 4.31. The zero-order valence-electron chi connectivity index (χ0n) is 22.1. The summed E-state index contributed by atoms with van der Waals surface area (Å²) in [5.74, 6) is -0.289. The number of fused-ring (bicyclic) bond motifs is 4. The zero-order chi connectivity index (χ0) is 28.2. The molecule has 5 aromatic rings. The molecule has 10 nitrogen and oxygen atoms in total. The van der Waals surface area contributed by atoms with E-state index in [9.17, 15) is 9.59 Å². The summed E-state index contributed by atoms with van der Waals surface area (Å²) >= 11 is 1.40. The molecule has 7 rings (SSSR count). The maximum Gasteiger partial charge on any atom is 0.224 e. The summed E-state index contributed by atoms with van der Waals surface area (Å²) in [5, 5.41) is 2.80. The van der Waals surface area contributed by atoms with Crippen LogP contribution >= 0.6 is 11.3 Å². The molecule has 0 spiro atoms. The summed E-state index contributed by atoms with van der Waals surface area (Å²) < 4.78 is 16.4. The quantitative estimate of drug-likeness (QED) is 0.204. The predicted octanol–water partition coefficient (Wildman–Crippen LogP) is 5.22. The molecule has 204 valence electrons. The Morgan fingerprint density at radius 2 is 2.07 bits per heavy atom. The SMILES string of the molecule is CCCC(=O)Nc1cncc(-c2ncc3c(c2F)C(c2nc4nccc(-c5ccc(C(C)=O)s5)c4[nH]2)=NC2CN32)c1. The van der Waals surface area contributed by atoms with Crippen molar-refractivity contribution in [1.29, 1.82) is 0 Å². The van der Waals surface area contributed by atoms with E-state index in [2.05, 4.69) is 25.3 Å². The van der Waals surface area contributed by atoms with Gasteiger partial charge in [0.1, 0.15) is 17.6 Å². The Balaban J connectivity index is 1.31. The summed E-state index contributed by atoms with van der Waals surface area (Å²) in [6.45, 7) is 4.12. The van der Waals surface area contributed by atoms with Gasteiger partial charge in [-0.3, -0.25) is 24.5 Å². The van der Waals surface area contributed by atoms with Crippen molar-refractivity contribution in [2.75, 3.05) is 16.8 Å². The average molecular weight is 567 g/mol. The number of hydrogen-bond donors (Lipinski definition) is 2. The van der Waals surface area contributed by atoms with Crippen LogP contribution < -0.4 is 10.2 Å². The van der Waals surface area contributed by atoms with Crippen molar-refractivity contribution in [3.8, 4) is 21.7 Å². The highest BCUT2D eigenvalue weighted by molar-refractivity contribution is 7.17. The van der Waals surface area contributed by atoms with Crippen LogP contribution in [0.4, 0.5) is 15.8 Å². The minimum atomic E-state index is -0.552. The molecule has 2 N–H and O–H groups in total. The summed E-state index contributed by atoms with van der Waals surface area (Å²) in [7, 11) is 0. The van der Waals surface area contributed by atoms with E-state index in [1.165, 1.54) is 23.7 Å². The van der Waals surface area contributed by atoms with Crippen LogP contribution in [0.1, 0.15) is 47.7 Å². The summed E-state index contributed by atoms with van der Waals surface area (Å²) in [4.78, 5) is 53.4. The van der Waals surface area contributed by atoms with E-state index in [1.54, 1.807) is 31.5 Å². The van der Waals surface area contributed by atoms with E-state index in [1.807, 2.05) is 24.0 Å². The molecule has 0 aliphatic carbocycles. The van der Waals surface area contributed by atoms with Crippen molar-refractivity contribution < 1.29 is 14.0 Å². The number of nitrogens with one attached hydrogen (secondary N) is 2. The molecule has 12 heteroatoms. The van der Waals surface area contributed by atoms with Gasteiger partial charge in [-0.15, -0.1) is 11.3 Å². The van der Waals surface area contributed by atoms with Gasteiger partial charge in [0.15, 0.2) is 23.1 Å². The van der Waals surface area contributed by atoms with Gasteiger partial charge < -0.3 is 15.2 Å². The number of H-pyrrole nitrogens is 1. The normalized spacial score (nSPS) is 15.3. The van der Waals surface area contributed by atoms with Gasteiger partial charge in [-0.05, 0) is 37.6 Å². The number of aromatic nitrogens is 5. The number of carbonyl (C=O) groups is 2. The second-order valence-corrected chi connectivity index (χ2v) is 11.0. The van der Waals surface area contributed by atoms with Gasteiger partial charge in [-0.2, -0.15) is 0 Å². The summed E-state index contributed by atoms with van der Waals surface area (Å²) in [6, 6.07) is 7.22. The number of pyridine rings is 3. The van der Waals surface area contributed by atoms with Gasteiger partial charge in [0.25, 0.3) is 0 Å². The highest BCUT2D eigenvalue weighted by atomic mass is 32.1. The number of Topliss-reactive ketones (excluding diaryl/α,β-unsaturated/α-hetero) is 1. The largest absolute Gasteiger partial charge is 0.342 e. The third-order valence-corrected chi connectivity index (χ3v) is 8.24. The van der Waals surface area contributed by atoms with Crippen LogP contribution in [0.2, 0.25) is 0 Å². The Morgan fingerprint density at radius 1 is 1.20 bits per heavy atom. The first-order chi connectivity index (χ1) is 19.9. The molecule has 1 unspecified atom stereocenters. The van der Waals surface area contributed by atoms with E-state index in [0.29, 0.717) is 69.5 Å². The van der Waals surface area contributed by atoms with Gasteiger partial charge >= 0.3 is 0 Å². The van der Waals surface area contributed by atoms with Crippen molar-refractivity contribution in [1.82, 2.24) is 24.9 Å². The molecule has 7 heterocycles. The molecule has 0 radical (unpaired) electrons. The van der Waals surface area contributed by atoms with E-state index < -0.39 is 5.82 Å². The van der Waals surface area contributed by atoms with Crippen LogP contribution in [0.25, 0.3) is 32.9 Å². The lowest BCUT2D eigenvalue weighted by molar-refractivity contribution is -0.116. The molecule has 2 aliphatic heterocycles. The molecule has 41 heavy (non-hydrogen) atoms. The second-order valence-electron chi connectivity index (χ2n) is 9.91. The molecule has 0 saturated carbocycles. The third-order valence-electron chi connectivity index (χ3n) is 7.02. The maximum absolute atomic E-state index is 16.4. The first kappa shape index (κ1) is 25.1. The second kappa shape index (κ2) is 9.66. The number of anilines is 2. The van der Waals surface area contributed by atoms with Gasteiger partial charge in [0.05, 0.1) is 46.3 Å². The molecule has 1 fully saturated rings. The van der Waals surface area contributed by atoms with Crippen LogP contribution in [0.15, 0.2) is 54.0 Å². The summed E-state index contributed by atoms with van der Waals surface area (Å²) in [6.07, 6.45) is 7.33. The topological polar surface area (TPSA) is 129 Å². The molecule has 5 aromatic heterocycles. The van der Waals surface area contributed by atoms with Crippen molar-refractivity contribution in [3.05, 3.63) is 71.1 Å². The van der Waals surface area contributed by atoms with Gasteiger partial charge in [0, 0.05) is 34.8 Å². The highest BCUT2D eigenvalue weighted by Crippen LogP contribution is 2.41. The van der Waals surface area contributed by atoms with Gasteiger partial charge in [-0.1, -0.05) is 6.92 Å². The number of aliphatic imine (C=N–C) groups is 1. The van der Waals surface area contributed by atoms with Crippen molar-refractivity contribution in [3.63, 3.8) is 0 Å². The molecule has 1 amide bonds. The monoisotopic (exact) mass is 566 g/mol. The van der Waals surface area contributed by atoms with E-state index >= 15 is 4.39 Å².